The number of anilines is 1. The number of nitrogens with one attached hydrogen (secondary N) is 1. The molecule has 8 heteroatoms. The molecule has 168 valence electrons. The molecule has 3 unspecified atom stereocenters. The summed E-state index contributed by atoms with van der Waals surface area (Å²) >= 11 is 0. The van der Waals surface area contributed by atoms with Crippen molar-refractivity contribution in [1.82, 2.24) is 4.98 Å². The summed E-state index contributed by atoms with van der Waals surface area (Å²) in [6.45, 7) is 1.61. The van der Waals surface area contributed by atoms with E-state index in [1.54, 1.807) is 7.11 Å². The number of H-pyrrole nitrogens is 1. The molecule has 5 rings (SSSR count). The summed E-state index contributed by atoms with van der Waals surface area (Å²) in [6.07, 6.45) is 6.92. The topological polar surface area (TPSA) is 132 Å². The minimum absolute atomic E-state index is 0.0862. The predicted molar refractivity (Wildman–Crippen MR) is 120 cm³/mol. The highest BCUT2D eigenvalue weighted by Crippen LogP contribution is 2.56. The Kier molecular flexibility index (Phi) is 4.90. The van der Waals surface area contributed by atoms with Crippen molar-refractivity contribution in [2.75, 3.05) is 25.1 Å². The van der Waals surface area contributed by atoms with Gasteiger partial charge in [-0.05, 0) is 49.1 Å². The van der Waals surface area contributed by atoms with Gasteiger partial charge in [0, 0.05) is 30.7 Å². The van der Waals surface area contributed by atoms with Crippen molar-refractivity contribution < 1.29 is 14.6 Å². The van der Waals surface area contributed by atoms with Gasteiger partial charge in [0.15, 0.2) is 5.75 Å². The Bertz CT molecular complexity index is 1200. The number of fused-ring (bicyclic) bond motifs is 2. The quantitative estimate of drug-likeness (QED) is 0.634. The lowest BCUT2D eigenvalue weighted by Crippen LogP contribution is -2.45. The average molecular weight is 437 g/mol. The van der Waals surface area contributed by atoms with Gasteiger partial charge >= 0.3 is 5.97 Å². The summed E-state index contributed by atoms with van der Waals surface area (Å²) < 4.78 is 5.87. The lowest BCUT2D eigenvalue weighted by Gasteiger charge is -2.34. The van der Waals surface area contributed by atoms with Crippen molar-refractivity contribution in [3.05, 3.63) is 33.6 Å². The Morgan fingerprint density at radius 2 is 2.25 bits per heavy atom. The van der Waals surface area contributed by atoms with Crippen LogP contribution in [0.1, 0.15) is 60.4 Å². The number of nitriles is 1. The number of ether oxygens (including phenoxy) is 1. The van der Waals surface area contributed by atoms with E-state index < -0.39 is 11.4 Å². The van der Waals surface area contributed by atoms with Gasteiger partial charge in [0.25, 0.3) is 0 Å². The van der Waals surface area contributed by atoms with E-state index in [-0.39, 0.29) is 17.0 Å². The molecule has 8 nitrogen and oxygen atoms in total. The van der Waals surface area contributed by atoms with Gasteiger partial charge in [-0.2, -0.15) is 5.26 Å². The summed E-state index contributed by atoms with van der Waals surface area (Å²) in [4.78, 5) is 29.8. The lowest BCUT2D eigenvalue weighted by molar-refractivity contribution is 0.0695. The molecule has 3 fully saturated rings. The van der Waals surface area contributed by atoms with Crippen LogP contribution in [0.25, 0.3) is 10.9 Å². The Morgan fingerprint density at radius 1 is 1.47 bits per heavy atom. The number of nitrogens with two attached hydrogens (primary N) is 1. The van der Waals surface area contributed by atoms with Gasteiger partial charge < -0.3 is 25.5 Å². The van der Waals surface area contributed by atoms with Crippen molar-refractivity contribution >= 4 is 22.6 Å². The average Bonchev–Trinajstić information content (AvgIpc) is 3.43. The third-order valence-electron chi connectivity index (χ3n) is 7.89. The van der Waals surface area contributed by atoms with Crippen LogP contribution in [0, 0.1) is 22.7 Å². The molecule has 0 amide bonds. The molecule has 32 heavy (non-hydrogen) atoms. The molecule has 1 aromatic heterocycles. The smallest absolute Gasteiger partial charge is 0.341 e. The summed E-state index contributed by atoms with van der Waals surface area (Å²) in [5.41, 5.74) is 8.26. The Hall–Kier alpha value is -3.05. The first-order valence-corrected chi connectivity index (χ1v) is 11.3. The number of benzene rings is 1. The van der Waals surface area contributed by atoms with Crippen molar-refractivity contribution in [2.24, 2.45) is 17.1 Å². The molecule has 1 saturated heterocycles. The number of carboxylic acid groups (broad SMARTS) is 1. The fourth-order valence-electron chi connectivity index (χ4n) is 6.15. The first-order valence-electron chi connectivity index (χ1n) is 11.3. The SMILES string of the molecule is COc1c(N2CC3CCCC3(C(N)CC#N)C2)c(C2CC2)cc2c(=O)c(C(=O)O)c[nH]c12. The second-order valence-corrected chi connectivity index (χ2v) is 9.55. The summed E-state index contributed by atoms with van der Waals surface area (Å²) in [5, 5.41) is 19.0. The first kappa shape index (κ1) is 20.8. The number of methoxy groups -OCH3 is 1. The van der Waals surface area contributed by atoms with Gasteiger partial charge in [-0.15, -0.1) is 0 Å². The fraction of sp³-hybridized carbons (Fsp3) is 0.542. The number of hydrogen-bond acceptors (Lipinski definition) is 6. The second kappa shape index (κ2) is 7.52. The Labute approximate surface area is 186 Å². The molecule has 3 atom stereocenters. The van der Waals surface area contributed by atoms with Crippen LogP contribution in [0.5, 0.6) is 5.75 Å². The number of rotatable bonds is 6. The minimum atomic E-state index is -1.25. The summed E-state index contributed by atoms with van der Waals surface area (Å²) in [6, 6.07) is 3.96. The van der Waals surface area contributed by atoms with Gasteiger partial charge in [0.1, 0.15) is 5.56 Å². The molecule has 2 aliphatic carbocycles. The third kappa shape index (κ3) is 2.99. The molecule has 1 aliphatic heterocycles. The fourth-order valence-corrected chi connectivity index (χ4v) is 6.15. The molecule has 2 aromatic rings. The number of aromatic amines is 1. The van der Waals surface area contributed by atoms with Gasteiger partial charge in [0.2, 0.25) is 5.43 Å². The van der Waals surface area contributed by atoms with Crippen molar-refractivity contribution in [3.8, 4) is 11.8 Å². The van der Waals surface area contributed by atoms with E-state index in [2.05, 4.69) is 16.0 Å². The maximum Gasteiger partial charge on any atom is 0.341 e. The van der Waals surface area contributed by atoms with Crippen LogP contribution in [0.15, 0.2) is 17.1 Å². The maximum atomic E-state index is 12.9. The van der Waals surface area contributed by atoms with E-state index in [1.807, 2.05) is 6.07 Å². The van der Waals surface area contributed by atoms with Crippen molar-refractivity contribution in [1.29, 1.82) is 5.26 Å². The first-order chi connectivity index (χ1) is 15.4. The molecule has 0 spiro atoms. The van der Waals surface area contributed by atoms with Gasteiger partial charge in [-0.25, -0.2) is 4.79 Å². The molecule has 2 saturated carbocycles. The van der Waals surface area contributed by atoms with Crippen LogP contribution in [0.2, 0.25) is 0 Å². The van der Waals surface area contributed by atoms with Gasteiger partial charge in [-0.1, -0.05) is 6.42 Å². The lowest BCUT2D eigenvalue weighted by atomic mass is 9.73. The molecule has 2 heterocycles. The normalized spacial score (nSPS) is 25.5. The highest BCUT2D eigenvalue weighted by atomic mass is 16.5. The Morgan fingerprint density at radius 3 is 2.91 bits per heavy atom. The van der Waals surface area contributed by atoms with Crippen molar-refractivity contribution in [2.45, 2.75) is 50.5 Å². The number of carboxylic acids is 1. The molecule has 3 aliphatic rings. The van der Waals surface area contributed by atoms with Crippen LogP contribution in [-0.4, -0.2) is 42.3 Å². The van der Waals surface area contributed by atoms with Gasteiger partial charge in [0.05, 0.1) is 36.2 Å². The van der Waals surface area contributed by atoms with Crippen LogP contribution in [0.4, 0.5) is 5.69 Å². The van der Waals surface area contributed by atoms with Crippen LogP contribution in [-0.2, 0) is 0 Å². The highest BCUT2D eigenvalue weighted by molar-refractivity contribution is 5.97. The number of hydrogen-bond donors (Lipinski definition) is 3. The van der Waals surface area contributed by atoms with E-state index >= 15 is 0 Å². The zero-order valence-electron chi connectivity index (χ0n) is 18.2. The van der Waals surface area contributed by atoms with E-state index in [1.165, 1.54) is 6.20 Å². The number of pyridine rings is 1. The zero-order chi connectivity index (χ0) is 22.6. The van der Waals surface area contributed by atoms with Crippen LogP contribution < -0.4 is 20.8 Å². The monoisotopic (exact) mass is 436 g/mol. The van der Waals surface area contributed by atoms with Crippen LogP contribution >= 0.6 is 0 Å². The molecule has 4 N–H and O–H groups in total. The molecular weight excluding hydrogens is 408 g/mol. The van der Waals surface area contributed by atoms with Crippen LogP contribution in [0.3, 0.4) is 0 Å². The van der Waals surface area contributed by atoms with E-state index in [9.17, 15) is 20.0 Å². The molecule has 0 radical (unpaired) electrons. The number of aromatic nitrogens is 1. The third-order valence-corrected chi connectivity index (χ3v) is 7.89. The van der Waals surface area contributed by atoms with E-state index in [0.29, 0.717) is 34.9 Å². The van der Waals surface area contributed by atoms with Crippen molar-refractivity contribution in [3.63, 3.8) is 0 Å². The minimum Gasteiger partial charge on any atom is -0.492 e. The molecular formula is C24H28N4O4. The summed E-state index contributed by atoms with van der Waals surface area (Å²) in [7, 11) is 1.59. The molecule has 1 aromatic carbocycles. The number of aromatic carboxylic acids is 1. The maximum absolute atomic E-state index is 12.9. The van der Waals surface area contributed by atoms with Gasteiger partial charge in [-0.3, -0.25) is 4.79 Å². The standard InChI is InChI=1S/C24H28N4O4/c1-32-22-19-16(21(29)17(10-27-19)23(30)31)9-15(13-4-5-13)20(22)28-11-14-3-2-7-24(14,12-28)18(26)6-8-25/h9-10,13-14,18H,2-7,11-12,26H2,1H3,(H,27,29)(H,30,31). The Balaban J connectivity index is 1.67. The number of carbonyl (C=O) groups is 1. The second-order valence-electron chi connectivity index (χ2n) is 9.55. The summed E-state index contributed by atoms with van der Waals surface area (Å²) in [5.74, 6) is 0.0967. The van der Waals surface area contributed by atoms with E-state index in [4.69, 9.17) is 10.5 Å². The predicted octanol–water partition coefficient (Wildman–Crippen LogP) is 2.96. The molecule has 0 bridgehead atoms. The zero-order valence-corrected chi connectivity index (χ0v) is 18.2. The largest absolute Gasteiger partial charge is 0.492 e. The highest BCUT2D eigenvalue weighted by Gasteiger charge is 2.53. The van der Waals surface area contributed by atoms with E-state index in [0.717, 1.165) is 56.4 Å². The number of nitrogens with zero attached hydrogens (tertiary/aromatic N) is 2.